The molecule has 0 saturated heterocycles. The van der Waals surface area contributed by atoms with Crippen LogP contribution in [-0.2, 0) is 17.8 Å². The van der Waals surface area contributed by atoms with Crippen molar-refractivity contribution in [2.75, 3.05) is 13.2 Å². The van der Waals surface area contributed by atoms with Crippen molar-refractivity contribution in [3.63, 3.8) is 0 Å². The van der Waals surface area contributed by atoms with Crippen LogP contribution in [0.4, 0.5) is 0 Å². The highest BCUT2D eigenvalue weighted by molar-refractivity contribution is 5.84. The first-order valence-electron chi connectivity index (χ1n) is 9.43. The molecule has 0 aliphatic carbocycles. The summed E-state index contributed by atoms with van der Waals surface area (Å²) in [7, 11) is 0. The number of nitrogens with one attached hydrogen (secondary N) is 1. The van der Waals surface area contributed by atoms with Crippen LogP contribution in [-0.4, -0.2) is 35.4 Å². The Morgan fingerprint density at radius 2 is 1.71 bits per heavy atom. The maximum Gasteiger partial charge on any atom is 0.333 e. The smallest absolute Gasteiger partial charge is 0.333 e. The highest BCUT2D eigenvalue weighted by Crippen LogP contribution is 2.22. The Morgan fingerprint density at radius 1 is 0.964 bits per heavy atom. The number of carbonyl (C=O) groups is 1. The summed E-state index contributed by atoms with van der Waals surface area (Å²) >= 11 is 0. The Labute approximate surface area is 164 Å². The molecule has 0 heterocycles. The number of carboxylic acid groups (broad SMARTS) is 1. The van der Waals surface area contributed by atoms with Crippen LogP contribution in [0.3, 0.4) is 0 Å². The second-order valence-corrected chi connectivity index (χ2v) is 6.77. The molecule has 0 saturated carbocycles. The Kier molecular flexibility index (Phi) is 7.00. The van der Waals surface area contributed by atoms with E-state index in [-0.39, 0.29) is 6.54 Å². The van der Waals surface area contributed by atoms with Gasteiger partial charge in [0.1, 0.15) is 5.75 Å². The molecule has 3 aromatic carbocycles. The number of aliphatic carboxylic acids is 1. The molecule has 0 bridgehead atoms. The third kappa shape index (κ3) is 5.81. The zero-order valence-corrected chi connectivity index (χ0v) is 15.7. The molecule has 28 heavy (non-hydrogen) atoms. The number of carboxylic acids is 1. The predicted molar refractivity (Wildman–Crippen MR) is 110 cm³/mol. The molecule has 1 unspecified atom stereocenters. The molecule has 3 N–H and O–H groups in total. The summed E-state index contributed by atoms with van der Waals surface area (Å²) in [5.74, 6) is -0.363. The number of hydrogen-bond acceptors (Lipinski definition) is 4. The molecule has 5 nitrogen and oxygen atoms in total. The van der Waals surface area contributed by atoms with Crippen molar-refractivity contribution < 1.29 is 19.7 Å². The first-order chi connectivity index (χ1) is 13.6. The average molecular weight is 379 g/mol. The Hall–Kier alpha value is -2.89. The normalized spacial score (nSPS) is 12.0. The maximum absolute atomic E-state index is 10.6. The fraction of sp³-hybridized carbons (Fsp3) is 0.261. The number of aryl methyl sites for hydroxylation is 1. The minimum atomic E-state index is -1.39. The third-order valence-corrected chi connectivity index (χ3v) is 4.55. The molecule has 0 radical (unpaired) electrons. The molecule has 146 valence electrons. The van der Waals surface area contributed by atoms with E-state index in [4.69, 9.17) is 9.84 Å². The molecule has 3 aromatic rings. The molecule has 0 aliphatic heterocycles. The molecule has 0 aliphatic rings. The van der Waals surface area contributed by atoms with Gasteiger partial charge in [-0.05, 0) is 52.9 Å². The maximum atomic E-state index is 10.6. The summed E-state index contributed by atoms with van der Waals surface area (Å²) in [6.45, 7) is 1.19. The van der Waals surface area contributed by atoms with Gasteiger partial charge in [-0.15, -0.1) is 0 Å². The van der Waals surface area contributed by atoms with Crippen LogP contribution in [0.2, 0.25) is 0 Å². The fourth-order valence-corrected chi connectivity index (χ4v) is 3.02. The molecular weight excluding hydrogens is 354 g/mol. The Morgan fingerprint density at radius 3 is 2.50 bits per heavy atom. The van der Waals surface area contributed by atoms with Gasteiger partial charge in [-0.2, -0.15) is 0 Å². The lowest BCUT2D eigenvalue weighted by Gasteiger charge is -2.10. The lowest BCUT2D eigenvalue weighted by atomic mass is 10.1. The SMILES string of the molecule is O=C(O)C(O)CNCc1ccc2cc(OCCCc3ccccc3)ccc2c1. The average Bonchev–Trinajstić information content (AvgIpc) is 2.71. The van der Waals surface area contributed by atoms with Crippen LogP contribution in [0.1, 0.15) is 17.5 Å². The molecule has 0 spiro atoms. The predicted octanol–water partition coefficient (Wildman–Crippen LogP) is 3.39. The van der Waals surface area contributed by atoms with Gasteiger partial charge in [-0.3, -0.25) is 0 Å². The summed E-state index contributed by atoms with van der Waals surface area (Å²) in [4.78, 5) is 10.6. The molecule has 5 heteroatoms. The summed E-state index contributed by atoms with van der Waals surface area (Å²) in [6, 6.07) is 22.5. The van der Waals surface area contributed by atoms with E-state index >= 15 is 0 Å². The van der Waals surface area contributed by atoms with Crippen LogP contribution < -0.4 is 10.1 Å². The zero-order chi connectivity index (χ0) is 19.8. The van der Waals surface area contributed by atoms with E-state index in [0.717, 1.165) is 34.9 Å². The lowest BCUT2D eigenvalue weighted by Crippen LogP contribution is -2.32. The van der Waals surface area contributed by atoms with Crippen LogP contribution in [0.5, 0.6) is 5.75 Å². The molecule has 1 atom stereocenters. The molecule has 0 amide bonds. The van der Waals surface area contributed by atoms with Crippen LogP contribution in [0.25, 0.3) is 10.8 Å². The van der Waals surface area contributed by atoms with Crippen molar-refractivity contribution in [2.45, 2.75) is 25.5 Å². The van der Waals surface area contributed by atoms with Crippen LogP contribution in [0, 0.1) is 0 Å². The first kappa shape index (κ1) is 19.9. The summed E-state index contributed by atoms with van der Waals surface area (Å²) in [6.07, 6.45) is 0.581. The minimum absolute atomic E-state index is 0.0170. The zero-order valence-electron chi connectivity index (χ0n) is 15.7. The van der Waals surface area contributed by atoms with Gasteiger partial charge in [0.15, 0.2) is 6.10 Å². The van der Waals surface area contributed by atoms with Gasteiger partial charge in [0.25, 0.3) is 0 Å². The first-order valence-corrected chi connectivity index (χ1v) is 9.43. The topological polar surface area (TPSA) is 78.8 Å². The van der Waals surface area contributed by atoms with Gasteiger partial charge in [-0.1, -0.05) is 48.5 Å². The van der Waals surface area contributed by atoms with Crippen molar-refractivity contribution in [1.29, 1.82) is 0 Å². The monoisotopic (exact) mass is 379 g/mol. The number of fused-ring (bicyclic) bond motifs is 1. The highest BCUT2D eigenvalue weighted by Gasteiger charge is 2.11. The van der Waals surface area contributed by atoms with Gasteiger partial charge in [0.05, 0.1) is 6.61 Å². The standard InChI is InChI=1S/C23H25NO4/c25-22(23(26)27)16-24-15-18-8-9-20-14-21(11-10-19(20)13-18)28-12-4-7-17-5-2-1-3-6-17/h1-3,5-6,8-11,13-14,22,24-25H,4,7,12,15-16H2,(H,26,27). The van der Waals surface area contributed by atoms with Crippen molar-refractivity contribution in [3.8, 4) is 5.75 Å². The highest BCUT2D eigenvalue weighted by atomic mass is 16.5. The Balaban J connectivity index is 1.50. The van der Waals surface area contributed by atoms with Gasteiger partial charge in [-0.25, -0.2) is 4.79 Å². The molecular formula is C23H25NO4. The number of rotatable bonds is 10. The number of hydrogen-bond donors (Lipinski definition) is 3. The second-order valence-electron chi connectivity index (χ2n) is 6.77. The third-order valence-electron chi connectivity index (χ3n) is 4.55. The van der Waals surface area contributed by atoms with Gasteiger partial charge >= 0.3 is 5.97 Å². The fourth-order valence-electron chi connectivity index (χ4n) is 3.02. The van der Waals surface area contributed by atoms with Crippen molar-refractivity contribution >= 4 is 16.7 Å². The van der Waals surface area contributed by atoms with E-state index in [1.165, 1.54) is 5.56 Å². The van der Waals surface area contributed by atoms with E-state index in [0.29, 0.717) is 13.2 Å². The summed E-state index contributed by atoms with van der Waals surface area (Å²) in [5, 5.41) is 23.1. The Bertz CT molecular complexity index is 911. The number of aliphatic hydroxyl groups is 1. The molecule has 0 fully saturated rings. The second kappa shape index (κ2) is 9.88. The van der Waals surface area contributed by atoms with Crippen LogP contribution in [0.15, 0.2) is 66.7 Å². The quantitative estimate of drug-likeness (QED) is 0.471. The lowest BCUT2D eigenvalue weighted by molar-refractivity contribution is -0.146. The minimum Gasteiger partial charge on any atom is -0.494 e. The van der Waals surface area contributed by atoms with Crippen LogP contribution >= 0.6 is 0 Å². The summed E-state index contributed by atoms with van der Waals surface area (Å²) in [5.41, 5.74) is 2.35. The van der Waals surface area contributed by atoms with Crippen molar-refractivity contribution in [2.24, 2.45) is 0 Å². The number of benzene rings is 3. The molecule has 3 rings (SSSR count). The van der Waals surface area contributed by atoms with Gasteiger partial charge < -0.3 is 20.3 Å². The van der Waals surface area contributed by atoms with Gasteiger partial charge in [0.2, 0.25) is 0 Å². The van der Waals surface area contributed by atoms with Crippen molar-refractivity contribution in [1.82, 2.24) is 5.32 Å². The molecule has 0 aromatic heterocycles. The van der Waals surface area contributed by atoms with Crippen molar-refractivity contribution in [3.05, 3.63) is 77.9 Å². The number of aliphatic hydroxyl groups excluding tert-OH is 1. The van der Waals surface area contributed by atoms with E-state index in [2.05, 4.69) is 35.6 Å². The van der Waals surface area contributed by atoms with E-state index < -0.39 is 12.1 Å². The van der Waals surface area contributed by atoms with E-state index in [9.17, 15) is 9.90 Å². The summed E-state index contributed by atoms with van der Waals surface area (Å²) < 4.78 is 5.88. The van der Waals surface area contributed by atoms with E-state index in [1.807, 2.05) is 36.4 Å². The van der Waals surface area contributed by atoms with Gasteiger partial charge in [0, 0.05) is 13.1 Å². The largest absolute Gasteiger partial charge is 0.494 e. The number of ether oxygens (including phenoxy) is 1. The van der Waals surface area contributed by atoms with E-state index in [1.54, 1.807) is 0 Å².